The van der Waals surface area contributed by atoms with Gasteiger partial charge in [-0.3, -0.25) is 9.59 Å². The van der Waals surface area contributed by atoms with E-state index < -0.39 is 5.60 Å². The predicted molar refractivity (Wildman–Crippen MR) is 91.3 cm³/mol. The largest absolute Gasteiger partial charge is 0.467 e. The van der Waals surface area contributed by atoms with Crippen molar-refractivity contribution in [2.75, 3.05) is 13.1 Å². The van der Waals surface area contributed by atoms with Gasteiger partial charge in [0.2, 0.25) is 0 Å². The first-order chi connectivity index (χ1) is 12.2. The molecule has 0 bridgehead atoms. The van der Waals surface area contributed by atoms with Gasteiger partial charge in [-0.15, -0.1) is 0 Å². The van der Waals surface area contributed by atoms with Gasteiger partial charge in [-0.25, -0.2) is 0 Å². The highest BCUT2D eigenvalue weighted by molar-refractivity contribution is 7.08. The first kappa shape index (κ1) is 15.9. The maximum Gasteiger partial charge on any atom is 0.269 e. The molecule has 4 heterocycles. The van der Waals surface area contributed by atoms with Crippen LogP contribution in [0.3, 0.4) is 0 Å². The molecular weight excluding hydrogens is 342 g/mol. The molecule has 2 aromatic rings. The first-order valence-corrected chi connectivity index (χ1v) is 8.97. The number of oxime groups is 1. The summed E-state index contributed by atoms with van der Waals surface area (Å²) in [5.74, 6) is 0.407. The molecule has 7 nitrogen and oxygen atoms in total. The summed E-state index contributed by atoms with van der Waals surface area (Å²) >= 11 is 1.50. The van der Waals surface area contributed by atoms with Gasteiger partial charge in [-0.1, -0.05) is 5.16 Å². The van der Waals surface area contributed by atoms with E-state index in [1.807, 2.05) is 16.8 Å². The maximum absolute atomic E-state index is 12.4. The molecule has 2 aromatic heterocycles. The molecule has 0 saturated carbocycles. The minimum atomic E-state index is -0.580. The van der Waals surface area contributed by atoms with E-state index in [4.69, 9.17) is 9.25 Å². The van der Waals surface area contributed by atoms with Crippen LogP contribution in [-0.2, 0) is 16.2 Å². The van der Waals surface area contributed by atoms with Crippen molar-refractivity contribution in [3.63, 3.8) is 0 Å². The van der Waals surface area contributed by atoms with Crippen LogP contribution in [0.2, 0.25) is 0 Å². The van der Waals surface area contributed by atoms with Crippen molar-refractivity contribution in [2.45, 2.75) is 25.0 Å². The number of nitrogens with one attached hydrogen (secondary N) is 1. The number of carbonyl (C=O) groups excluding carboxylic acids is 2. The highest BCUT2D eigenvalue weighted by Gasteiger charge is 2.48. The average molecular weight is 359 g/mol. The van der Waals surface area contributed by atoms with E-state index in [9.17, 15) is 9.59 Å². The third-order valence-electron chi connectivity index (χ3n) is 4.48. The Hall–Kier alpha value is -2.61. The SMILES string of the molecule is O=C(NCc1ccco1)C1=NO[C@@]2(CCN(C(=O)c3ccsc3)C2)C1. The lowest BCUT2D eigenvalue weighted by molar-refractivity contribution is -0.115. The van der Waals surface area contributed by atoms with Crippen LogP contribution in [0.4, 0.5) is 0 Å². The number of likely N-dealkylation sites (tertiary alicyclic amines) is 1. The smallest absolute Gasteiger partial charge is 0.269 e. The van der Waals surface area contributed by atoms with Gasteiger partial charge in [0.05, 0.1) is 24.9 Å². The molecule has 0 aliphatic carbocycles. The second-order valence-corrected chi connectivity index (χ2v) is 7.02. The number of hydrogen-bond donors (Lipinski definition) is 1. The van der Waals surface area contributed by atoms with E-state index in [-0.39, 0.29) is 11.8 Å². The second kappa shape index (κ2) is 6.36. The average Bonchev–Trinajstić information content (AvgIpc) is 3.41. The molecule has 1 saturated heterocycles. The van der Waals surface area contributed by atoms with Crippen molar-refractivity contribution in [2.24, 2.45) is 5.16 Å². The van der Waals surface area contributed by atoms with Crippen LogP contribution in [-0.4, -0.2) is 41.1 Å². The van der Waals surface area contributed by atoms with Crippen LogP contribution in [0.1, 0.15) is 29.0 Å². The highest BCUT2D eigenvalue weighted by atomic mass is 32.1. The van der Waals surface area contributed by atoms with Crippen LogP contribution >= 0.6 is 11.3 Å². The van der Waals surface area contributed by atoms with Crippen LogP contribution in [0, 0.1) is 0 Å². The first-order valence-electron chi connectivity index (χ1n) is 8.02. The summed E-state index contributed by atoms with van der Waals surface area (Å²) < 4.78 is 5.19. The lowest BCUT2D eigenvalue weighted by Gasteiger charge is -2.21. The van der Waals surface area contributed by atoms with E-state index in [2.05, 4.69) is 10.5 Å². The highest BCUT2D eigenvalue weighted by Crippen LogP contribution is 2.34. The fourth-order valence-corrected chi connectivity index (χ4v) is 3.76. The molecule has 2 amide bonds. The summed E-state index contributed by atoms with van der Waals surface area (Å²) in [5, 5.41) is 10.5. The fraction of sp³-hybridized carbons (Fsp3) is 0.353. The Kier molecular flexibility index (Phi) is 4.04. The van der Waals surface area contributed by atoms with Crippen LogP contribution in [0.25, 0.3) is 0 Å². The molecule has 1 spiro atoms. The van der Waals surface area contributed by atoms with Gasteiger partial charge in [0.1, 0.15) is 11.5 Å². The molecule has 1 atom stereocenters. The molecule has 2 aliphatic heterocycles. The molecule has 25 heavy (non-hydrogen) atoms. The van der Waals surface area contributed by atoms with Crippen molar-refractivity contribution >= 4 is 28.9 Å². The summed E-state index contributed by atoms with van der Waals surface area (Å²) in [5.41, 5.74) is 0.469. The number of thiophene rings is 1. The van der Waals surface area contributed by atoms with E-state index >= 15 is 0 Å². The molecule has 130 valence electrons. The van der Waals surface area contributed by atoms with Gasteiger partial charge in [0.25, 0.3) is 11.8 Å². The van der Waals surface area contributed by atoms with E-state index in [1.165, 1.54) is 11.3 Å². The standard InChI is InChI=1S/C17H17N3O4S/c21-15(18-9-13-2-1-6-23-13)14-8-17(24-19-14)4-5-20(11-17)16(22)12-3-7-25-10-12/h1-3,6-7,10H,4-5,8-9,11H2,(H,18,21)/t17-/m0/s1. The third-order valence-corrected chi connectivity index (χ3v) is 5.16. The maximum atomic E-state index is 12.4. The Morgan fingerprint density at radius 3 is 3.08 bits per heavy atom. The Balaban J connectivity index is 1.33. The lowest BCUT2D eigenvalue weighted by atomic mass is 9.96. The van der Waals surface area contributed by atoms with Gasteiger partial charge >= 0.3 is 0 Å². The lowest BCUT2D eigenvalue weighted by Crippen LogP contribution is -2.38. The Labute approximate surface area is 148 Å². The van der Waals surface area contributed by atoms with Crippen molar-refractivity contribution in [1.29, 1.82) is 0 Å². The summed E-state index contributed by atoms with van der Waals surface area (Å²) in [4.78, 5) is 32.0. The molecule has 1 N–H and O–H groups in total. The third kappa shape index (κ3) is 3.17. The summed E-state index contributed by atoms with van der Waals surface area (Å²) in [6.45, 7) is 1.35. The summed E-state index contributed by atoms with van der Waals surface area (Å²) in [6.07, 6.45) is 2.63. The van der Waals surface area contributed by atoms with Crippen LogP contribution < -0.4 is 5.32 Å². The second-order valence-electron chi connectivity index (χ2n) is 6.24. The number of hydrogen-bond acceptors (Lipinski definition) is 6. The minimum absolute atomic E-state index is 0.00236. The summed E-state index contributed by atoms with van der Waals surface area (Å²) in [7, 11) is 0. The van der Waals surface area contributed by atoms with E-state index in [1.54, 1.807) is 23.3 Å². The number of rotatable bonds is 4. The van der Waals surface area contributed by atoms with Crippen molar-refractivity contribution < 1.29 is 18.8 Å². The van der Waals surface area contributed by atoms with Gasteiger partial charge in [-0.2, -0.15) is 11.3 Å². The molecule has 0 aromatic carbocycles. The Bertz CT molecular complexity index is 800. The predicted octanol–water partition coefficient (Wildman–Crippen LogP) is 2.02. The molecule has 4 rings (SSSR count). The summed E-state index contributed by atoms with van der Waals surface area (Å²) in [6, 6.07) is 5.38. The number of furan rings is 1. The topological polar surface area (TPSA) is 84.1 Å². The van der Waals surface area contributed by atoms with E-state index in [0.29, 0.717) is 49.5 Å². The number of carbonyl (C=O) groups is 2. The molecule has 8 heteroatoms. The zero-order valence-corrected chi connectivity index (χ0v) is 14.3. The zero-order chi connectivity index (χ0) is 17.3. The van der Waals surface area contributed by atoms with Gasteiger partial charge in [-0.05, 0) is 23.6 Å². The van der Waals surface area contributed by atoms with Gasteiger partial charge in [0.15, 0.2) is 5.60 Å². The van der Waals surface area contributed by atoms with Gasteiger partial charge < -0.3 is 19.5 Å². The van der Waals surface area contributed by atoms with Crippen LogP contribution in [0.5, 0.6) is 0 Å². The normalized spacial score (nSPS) is 22.1. The monoisotopic (exact) mass is 359 g/mol. The molecule has 0 unspecified atom stereocenters. The van der Waals surface area contributed by atoms with Crippen molar-refractivity contribution in [3.8, 4) is 0 Å². The zero-order valence-electron chi connectivity index (χ0n) is 13.4. The van der Waals surface area contributed by atoms with Crippen molar-refractivity contribution in [1.82, 2.24) is 10.2 Å². The molecule has 1 fully saturated rings. The fourth-order valence-electron chi connectivity index (χ4n) is 3.13. The van der Waals surface area contributed by atoms with Crippen LogP contribution in [0.15, 0.2) is 44.8 Å². The number of amides is 2. The number of nitrogens with zero attached hydrogens (tertiary/aromatic N) is 2. The molecule has 0 radical (unpaired) electrons. The van der Waals surface area contributed by atoms with Gasteiger partial charge in [0, 0.05) is 24.8 Å². The van der Waals surface area contributed by atoms with E-state index in [0.717, 1.165) is 0 Å². The Morgan fingerprint density at radius 2 is 2.32 bits per heavy atom. The minimum Gasteiger partial charge on any atom is -0.467 e. The molecular formula is C17H17N3O4S. The quantitative estimate of drug-likeness (QED) is 0.905. The molecule has 2 aliphatic rings. The van der Waals surface area contributed by atoms with Crippen molar-refractivity contribution in [3.05, 3.63) is 46.5 Å². The Morgan fingerprint density at radius 1 is 1.40 bits per heavy atom.